The van der Waals surface area contributed by atoms with Crippen LogP contribution in [0.3, 0.4) is 0 Å². The minimum Gasteiger partial charge on any atom is -0.351 e. The van der Waals surface area contributed by atoms with E-state index in [0.717, 1.165) is 10.9 Å². The van der Waals surface area contributed by atoms with E-state index in [1.54, 1.807) is 22.3 Å². The summed E-state index contributed by atoms with van der Waals surface area (Å²) in [6, 6.07) is 13.8. The lowest BCUT2D eigenvalue weighted by Crippen LogP contribution is -2.30. The second kappa shape index (κ2) is 5.97. The molecule has 2 heterocycles. The van der Waals surface area contributed by atoms with Gasteiger partial charge in [-0.3, -0.25) is 4.79 Å². The van der Waals surface area contributed by atoms with E-state index in [9.17, 15) is 4.79 Å². The molecule has 0 bridgehead atoms. The molecule has 0 fully saturated rings. The van der Waals surface area contributed by atoms with Crippen molar-refractivity contribution in [2.75, 3.05) is 6.54 Å². The SMILES string of the molecule is C=CCN(Cc1cccs1)C(=O)c1cc2ccccc2[nH]1. The van der Waals surface area contributed by atoms with Crippen LogP contribution in [0.15, 0.2) is 60.5 Å². The van der Waals surface area contributed by atoms with Crippen LogP contribution in [0.4, 0.5) is 0 Å². The highest BCUT2D eigenvalue weighted by Gasteiger charge is 2.17. The molecule has 0 aliphatic heterocycles. The number of fused-ring (bicyclic) bond motifs is 1. The number of carbonyl (C=O) groups is 1. The largest absolute Gasteiger partial charge is 0.351 e. The van der Waals surface area contributed by atoms with Crippen LogP contribution >= 0.6 is 11.3 Å². The number of aromatic amines is 1. The van der Waals surface area contributed by atoms with E-state index in [-0.39, 0.29) is 5.91 Å². The molecule has 0 saturated carbocycles. The number of nitrogens with one attached hydrogen (secondary N) is 1. The Morgan fingerprint density at radius 1 is 1.29 bits per heavy atom. The average Bonchev–Trinajstić information content (AvgIpc) is 3.14. The van der Waals surface area contributed by atoms with Crippen molar-refractivity contribution >= 4 is 28.1 Å². The molecular weight excluding hydrogens is 280 g/mol. The fourth-order valence-corrected chi connectivity index (χ4v) is 3.04. The number of amides is 1. The number of nitrogens with zero attached hydrogens (tertiary/aromatic N) is 1. The predicted molar refractivity (Wildman–Crippen MR) is 87.6 cm³/mol. The standard InChI is InChI=1S/C17H16N2OS/c1-2-9-19(12-14-7-5-10-21-14)17(20)16-11-13-6-3-4-8-15(13)18-16/h2-8,10-11,18H,1,9,12H2. The van der Waals surface area contributed by atoms with Crippen LogP contribution in [0, 0.1) is 0 Å². The molecule has 0 unspecified atom stereocenters. The molecule has 106 valence electrons. The molecule has 1 N–H and O–H groups in total. The van der Waals surface area contributed by atoms with E-state index in [2.05, 4.69) is 11.6 Å². The third-order valence-corrected chi connectivity index (χ3v) is 4.19. The van der Waals surface area contributed by atoms with Gasteiger partial charge in [0.15, 0.2) is 0 Å². The zero-order valence-corrected chi connectivity index (χ0v) is 12.4. The normalized spacial score (nSPS) is 10.7. The first-order valence-corrected chi connectivity index (χ1v) is 7.66. The number of hydrogen-bond acceptors (Lipinski definition) is 2. The highest BCUT2D eigenvalue weighted by Crippen LogP contribution is 2.18. The molecule has 0 atom stereocenters. The van der Waals surface area contributed by atoms with Crippen molar-refractivity contribution in [1.82, 2.24) is 9.88 Å². The number of hydrogen-bond donors (Lipinski definition) is 1. The number of H-pyrrole nitrogens is 1. The highest BCUT2D eigenvalue weighted by atomic mass is 32.1. The predicted octanol–water partition coefficient (Wildman–Crippen LogP) is 4.06. The van der Waals surface area contributed by atoms with Crippen LogP contribution < -0.4 is 0 Å². The van der Waals surface area contributed by atoms with Gasteiger partial charge in [-0.25, -0.2) is 0 Å². The summed E-state index contributed by atoms with van der Waals surface area (Å²) in [6.07, 6.45) is 1.76. The molecule has 3 aromatic rings. The van der Waals surface area contributed by atoms with E-state index < -0.39 is 0 Å². The van der Waals surface area contributed by atoms with Gasteiger partial charge < -0.3 is 9.88 Å². The first kappa shape index (κ1) is 13.6. The summed E-state index contributed by atoms with van der Waals surface area (Å²) in [6.45, 7) is 4.89. The van der Waals surface area contributed by atoms with Crippen molar-refractivity contribution in [1.29, 1.82) is 0 Å². The van der Waals surface area contributed by atoms with Crippen LogP contribution in [0.2, 0.25) is 0 Å². The molecule has 0 aliphatic rings. The van der Waals surface area contributed by atoms with Crippen molar-refractivity contribution in [3.05, 3.63) is 71.1 Å². The zero-order valence-electron chi connectivity index (χ0n) is 11.6. The van der Waals surface area contributed by atoms with Crippen molar-refractivity contribution in [2.24, 2.45) is 0 Å². The molecule has 0 aliphatic carbocycles. The summed E-state index contributed by atoms with van der Waals surface area (Å²) in [5.41, 5.74) is 1.60. The molecule has 0 spiro atoms. The maximum atomic E-state index is 12.7. The minimum atomic E-state index is -0.000463. The minimum absolute atomic E-state index is 0.000463. The monoisotopic (exact) mass is 296 g/mol. The van der Waals surface area contributed by atoms with Gasteiger partial charge in [0.25, 0.3) is 5.91 Å². The third-order valence-electron chi connectivity index (χ3n) is 3.32. The summed E-state index contributed by atoms with van der Waals surface area (Å²) < 4.78 is 0. The molecule has 21 heavy (non-hydrogen) atoms. The van der Waals surface area contributed by atoms with Gasteiger partial charge in [-0.1, -0.05) is 30.3 Å². The van der Waals surface area contributed by atoms with E-state index in [1.165, 1.54) is 4.88 Å². The van der Waals surface area contributed by atoms with Crippen molar-refractivity contribution in [2.45, 2.75) is 6.54 Å². The smallest absolute Gasteiger partial charge is 0.270 e. The Labute approximate surface area is 127 Å². The molecule has 4 heteroatoms. The molecule has 1 amide bonds. The molecule has 3 nitrogen and oxygen atoms in total. The van der Waals surface area contributed by atoms with Gasteiger partial charge in [0.05, 0.1) is 6.54 Å². The van der Waals surface area contributed by atoms with E-state index >= 15 is 0 Å². The maximum absolute atomic E-state index is 12.7. The Morgan fingerprint density at radius 2 is 2.14 bits per heavy atom. The van der Waals surface area contributed by atoms with Gasteiger partial charge in [0, 0.05) is 22.3 Å². The molecule has 3 rings (SSSR count). The molecule has 1 aromatic carbocycles. The van der Waals surface area contributed by atoms with Crippen molar-refractivity contribution in [3.8, 4) is 0 Å². The van der Waals surface area contributed by atoms with E-state index in [4.69, 9.17) is 0 Å². The fraction of sp³-hybridized carbons (Fsp3) is 0.118. The van der Waals surface area contributed by atoms with E-state index in [0.29, 0.717) is 18.8 Å². The van der Waals surface area contributed by atoms with Gasteiger partial charge in [0.2, 0.25) is 0 Å². The number of para-hydroxylation sites is 1. The number of benzene rings is 1. The summed E-state index contributed by atoms with van der Waals surface area (Å²) in [5, 5.41) is 3.07. The quantitative estimate of drug-likeness (QED) is 0.708. The topological polar surface area (TPSA) is 36.1 Å². The van der Waals surface area contributed by atoms with Crippen LogP contribution in [0.25, 0.3) is 10.9 Å². The van der Waals surface area contributed by atoms with Crippen LogP contribution in [-0.2, 0) is 6.54 Å². The van der Waals surface area contributed by atoms with Gasteiger partial charge in [-0.15, -0.1) is 17.9 Å². The van der Waals surface area contributed by atoms with Crippen molar-refractivity contribution in [3.63, 3.8) is 0 Å². The zero-order chi connectivity index (χ0) is 14.7. The van der Waals surface area contributed by atoms with Crippen LogP contribution in [0.5, 0.6) is 0 Å². The summed E-state index contributed by atoms with van der Waals surface area (Å²) in [5.74, 6) is -0.000463. The highest BCUT2D eigenvalue weighted by molar-refractivity contribution is 7.09. The second-order valence-corrected chi connectivity index (χ2v) is 5.86. The van der Waals surface area contributed by atoms with Gasteiger partial charge >= 0.3 is 0 Å². The average molecular weight is 296 g/mol. The lowest BCUT2D eigenvalue weighted by molar-refractivity contribution is 0.0759. The first-order valence-electron chi connectivity index (χ1n) is 6.78. The first-order chi connectivity index (χ1) is 10.3. The molecule has 0 radical (unpaired) electrons. The Hall–Kier alpha value is -2.33. The number of thiophene rings is 1. The molecule has 0 saturated heterocycles. The van der Waals surface area contributed by atoms with E-state index in [1.807, 2.05) is 47.8 Å². The second-order valence-electron chi connectivity index (χ2n) is 4.82. The number of rotatable bonds is 5. The molecule has 2 aromatic heterocycles. The molecular formula is C17H16N2OS. The van der Waals surface area contributed by atoms with Crippen LogP contribution in [0.1, 0.15) is 15.4 Å². The Balaban J connectivity index is 1.87. The summed E-state index contributed by atoms with van der Waals surface area (Å²) >= 11 is 1.66. The lowest BCUT2D eigenvalue weighted by Gasteiger charge is -2.19. The lowest BCUT2D eigenvalue weighted by atomic mass is 10.2. The number of carbonyl (C=O) groups excluding carboxylic acids is 1. The maximum Gasteiger partial charge on any atom is 0.270 e. The van der Waals surface area contributed by atoms with Crippen molar-refractivity contribution < 1.29 is 4.79 Å². The van der Waals surface area contributed by atoms with Gasteiger partial charge in [-0.05, 0) is 23.6 Å². The number of aromatic nitrogens is 1. The Morgan fingerprint density at radius 3 is 2.86 bits per heavy atom. The van der Waals surface area contributed by atoms with Gasteiger partial charge in [0.1, 0.15) is 5.69 Å². The van der Waals surface area contributed by atoms with Crippen LogP contribution in [-0.4, -0.2) is 22.3 Å². The summed E-state index contributed by atoms with van der Waals surface area (Å²) in [7, 11) is 0. The third kappa shape index (κ3) is 2.90. The Kier molecular flexibility index (Phi) is 3.88. The Bertz CT molecular complexity index is 725. The van der Waals surface area contributed by atoms with Gasteiger partial charge in [-0.2, -0.15) is 0 Å². The summed E-state index contributed by atoms with van der Waals surface area (Å²) in [4.78, 5) is 18.8. The fourth-order valence-electron chi connectivity index (χ4n) is 2.32.